The van der Waals surface area contributed by atoms with Crippen molar-refractivity contribution in [2.45, 2.75) is 64.2 Å². The second-order valence-electron chi connectivity index (χ2n) is 10.4. The van der Waals surface area contributed by atoms with Gasteiger partial charge in [0.05, 0.1) is 11.4 Å². The van der Waals surface area contributed by atoms with E-state index in [9.17, 15) is 0 Å². The van der Waals surface area contributed by atoms with E-state index < -0.39 is 0 Å². The van der Waals surface area contributed by atoms with Gasteiger partial charge in [-0.2, -0.15) is 0 Å². The number of ether oxygens (including phenoxy) is 2. The maximum Gasteiger partial charge on any atom is 0.131 e. The zero-order chi connectivity index (χ0) is 26.2. The van der Waals surface area contributed by atoms with E-state index in [2.05, 4.69) is 9.98 Å². The molecule has 5 rings (SSSR count). The molecule has 3 aromatic carbocycles. The van der Waals surface area contributed by atoms with Gasteiger partial charge in [0.2, 0.25) is 0 Å². The van der Waals surface area contributed by atoms with Crippen LogP contribution < -0.4 is 20.9 Å². The van der Waals surface area contributed by atoms with Gasteiger partial charge in [0, 0.05) is 17.9 Å². The molecule has 0 saturated heterocycles. The van der Waals surface area contributed by atoms with Gasteiger partial charge in [-0.05, 0) is 86.3 Å². The molecule has 0 aromatic heterocycles. The summed E-state index contributed by atoms with van der Waals surface area (Å²) >= 11 is 0. The summed E-state index contributed by atoms with van der Waals surface area (Å²) in [6, 6.07) is 23.0. The standard InChI is InChI=1S/C32H38N4O2.2ClH/c33-31(23-8-3-1-4-9-23)35-25-14-18-27(19-15-25)37-29-12-7-13-30(22-29)38-28-20-16-26(17-21-28)36-32(34)24-10-5-2-6-11-24;;/h7,12-24H,1-6,8-11H2,(H2,33,35)(H2,34,36);2*1H. The number of hydrogen-bond acceptors (Lipinski definition) is 4. The maximum atomic E-state index is 6.28. The molecule has 2 saturated carbocycles. The van der Waals surface area contributed by atoms with Crippen LogP contribution in [0.1, 0.15) is 64.2 Å². The predicted molar refractivity (Wildman–Crippen MR) is 170 cm³/mol. The number of halogens is 2. The van der Waals surface area contributed by atoms with Gasteiger partial charge in [0.25, 0.3) is 0 Å². The molecule has 0 aliphatic heterocycles. The van der Waals surface area contributed by atoms with Gasteiger partial charge in [-0.25, -0.2) is 9.98 Å². The first-order valence-corrected chi connectivity index (χ1v) is 14.0. The van der Waals surface area contributed by atoms with Gasteiger partial charge in [-0.1, -0.05) is 44.6 Å². The molecule has 2 aliphatic rings. The summed E-state index contributed by atoms with van der Waals surface area (Å²) in [5, 5.41) is 0. The van der Waals surface area contributed by atoms with Crippen LogP contribution in [-0.4, -0.2) is 11.7 Å². The second kappa shape index (κ2) is 15.5. The van der Waals surface area contributed by atoms with E-state index in [4.69, 9.17) is 20.9 Å². The van der Waals surface area contributed by atoms with Crippen LogP contribution in [0.15, 0.2) is 82.8 Å². The second-order valence-corrected chi connectivity index (χ2v) is 10.4. The summed E-state index contributed by atoms with van der Waals surface area (Å²) in [7, 11) is 0. The molecule has 40 heavy (non-hydrogen) atoms. The van der Waals surface area contributed by atoms with Crippen LogP contribution in [-0.2, 0) is 0 Å². The summed E-state index contributed by atoms with van der Waals surface area (Å²) in [6.45, 7) is 0. The molecule has 0 spiro atoms. The Balaban J connectivity index is 0.00000220. The monoisotopic (exact) mass is 582 g/mol. The van der Waals surface area contributed by atoms with Crippen molar-refractivity contribution in [3.05, 3.63) is 72.8 Å². The van der Waals surface area contributed by atoms with Crippen molar-refractivity contribution < 1.29 is 9.47 Å². The van der Waals surface area contributed by atoms with Gasteiger partial charge < -0.3 is 20.9 Å². The lowest BCUT2D eigenvalue weighted by molar-refractivity contribution is 0.437. The van der Waals surface area contributed by atoms with Crippen molar-refractivity contribution in [1.82, 2.24) is 0 Å². The fourth-order valence-corrected chi connectivity index (χ4v) is 5.33. The minimum atomic E-state index is 0. The summed E-state index contributed by atoms with van der Waals surface area (Å²) in [5.41, 5.74) is 14.3. The van der Waals surface area contributed by atoms with Crippen molar-refractivity contribution in [1.29, 1.82) is 0 Å². The highest BCUT2D eigenvalue weighted by Gasteiger charge is 2.18. The van der Waals surface area contributed by atoms with Crippen LogP contribution in [0, 0.1) is 11.8 Å². The molecule has 0 heterocycles. The molecule has 0 unspecified atom stereocenters. The van der Waals surface area contributed by atoms with E-state index in [-0.39, 0.29) is 24.8 Å². The molecular weight excluding hydrogens is 543 g/mol. The van der Waals surface area contributed by atoms with Crippen molar-refractivity contribution in [2.24, 2.45) is 33.3 Å². The first-order chi connectivity index (χ1) is 18.6. The minimum Gasteiger partial charge on any atom is -0.457 e. The Labute approximate surface area is 250 Å². The fraction of sp³-hybridized carbons (Fsp3) is 0.375. The molecule has 4 N–H and O–H groups in total. The maximum absolute atomic E-state index is 6.28. The Bertz CT molecular complexity index is 1160. The Morgan fingerprint density at radius 2 is 0.900 bits per heavy atom. The minimum absolute atomic E-state index is 0. The van der Waals surface area contributed by atoms with Crippen LogP contribution in [0.2, 0.25) is 0 Å². The van der Waals surface area contributed by atoms with Crippen LogP contribution in [0.4, 0.5) is 11.4 Å². The lowest BCUT2D eigenvalue weighted by atomic mass is 9.88. The lowest BCUT2D eigenvalue weighted by Crippen LogP contribution is -2.25. The third-order valence-corrected chi connectivity index (χ3v) is 7.51. The number of nitrogens with two attached hydrogens (primary N) is 2. The molecule has 0 radical (unpaired) electrons. The number of nitrogens with zero attached hydrogens (tertiary/aromatic N) is 2. The van der Waals surface area contributed by atoms with Crippen molar-refractivity contribution in [3.8, 4) is 23.0 Å². The van der Waals surface area contributed by atoms with Crippen molar-refractivity contribution in [3.63, 3.8) is 0 Å². The molecular formula is C32H40Cl2N4O2. The van der Waals surface area contributed by atoms with E-state index >= 15 is 0 Å². The van der Waals surface area contributed by atoms with Gasteiger partial charge >= 0.3 is 0 Å². The molecule has 2 aliphatic carbocycles. The molecule has 2 fully saturated rings. The third-order valence-electron chi connectivity index (χ3n) is 7.51. The smallest absolute Gasteiger partial charge is 0.131 e. The largest absolute Gasteiger partial charge is 0.457 e. The van der Waals surface area contributed by atoms with Gasteiger partial charge in [0.1, 0.15) is 34.7 Å². The van der Waals surface area contributed by atoms with Crippen molar-refractivity contribution in [2.75, 3.05) is 0 Å². The highest BCUT2D eigenvalue weighted by molar-refractivity contribution is 5.86. The lowest BCUT2D eigenvalue weighted by Gasteiger charge is -2.20. The average Bonchev–Trinajstić information content (AvgIpc) is 2.96. The topological polar surface area (TPSA) is 95.2 Å². The number of amidine groups is 2. The molecule has 3 aromatic rings. The van der Waals surface area contributed by atoms with E-state index in [0.29, 0.717) is 23.3 Å². The Hall–Kier alpha value is -3.22. The molecule has 6 nitrogen and oxygen atoms in total. The number of aliphatic imine (C=N–C) groups is 2. The summed E-state index contributed by atoms with van der Waals surface area (Å²) in [6.07, 6.45) is 12.1. The Morgan fingerprint density at radius 3 is 1.27 bits per heavy atom. The highest BCUT2D eigenvalue weighted by Crippen LogP contribution is 2.31. The molecule has 0 amide bonds. The van der Waals surface area contributed by atoms with Crippen LogP contribution >= 0.6 is 24.8 Å². The first-order valence-electron chi connectivity index (χ1n) is 14.0. The summed E-state index contributed by atoms with van der Waals surface area (Å²) in [4.78, 5) is 9.28. The number of hydrogen-bond donors (Lipinski definition) is 2. The average molecular weight is 584 g/mol. The quantitative estimate of drug-likeness (QED) is 0.204. The first kappa shape index (κ1) is 31.3. The predicted octanol–water partition coefficient (Wildman–Crippen LogP) is 9.25. The van der Waals surface area contributed by atoms with Gasteiger partial charge in [0.15, 0.2) is 0 Å². The normalized spacial score (nSPS) is 16.9. The molecule has 0 bridgehead atoms. The number of benzene rings is 3. The SMILES string of the molecule is Cl.Cl.NC(=Nc1ccc(Oc2cccc(Oc3ccc(N=C(N)C4CCCCC4)cc3)c2)cc1)C1CCCCC1. The highest BCUT2D eigenvalue weighted by atomic mass is 35.5. The molecule has 0 atom stereocenters. The van der Waals surface area contributed by atoms with E-state index in [1.54, 1.807) is 0 Å². The van der Waals surface area contributed by atoms with E-state index in [0.717, 1.165) is 60.2 Å². The summed E-state index contributed by atoms with van der Waals surface area (Å²) < 4.78 is 12.1. The zero-order valence-corrected chi connectivity index (χ0v) is 24.5. The van der Waals surface area contributed by atoms with Gasteiger partial charge in [-0.15, -0.1) is 24.8 Å². The van der Waals surface area contributed by atoms with Crippen LogP contribution in [0.3, 0.4) is 0 Å². The van der Waals surface area contributed by atoms with Crippen LogP contribution in [0.25, 0.3) is 0 Å². The Kier molecular flexibility index (Phi) is 12.2. The van der Waals surface area contributed by atoms with Crippen molar-refractivity contribution >= 4 is 47.9 Å². The zero-order valence-electron chi connectivity index (χ0n) is 22.8. The van der Waals surface area contributed by atoms with Crippen LogP contribution in [0.5, 0.6) is 23.0 Å². The van der Waals surface area contributed by atoms with Gasteiger partial charge in [-0.3, -0.25) is 0 Å². The fourth-order valence-electron chi connectivity index (χ4n) is 5.33. The van der Waals surface area contributed by atoms with E-state index in [1.165, 1.54) is 38.5 Å². The third kappa shape index (κ3) is 8.90. The van der Waals surface area contributed by atoms with E-state index in [1.807, 2.05) is 72.8 Å². The molecule has 214 valence electrons. The molecule has 8 heteroatoms. The Morgan fingerprint density at radius 1 is 0.525 bits per heavy atom. The number of rotatable bonds is 8. The summed E-state index contributed by atoms with van der Waals surface area (Å²) in [5.74, 6) is 5.16.